The van der Waals surface area contributed by atoms with Gasteiger partial charge in [0.25, 0.3) is 10.0 Å². The van der Waals surface area contributed by atoms with E-state index in [9.17, 15) is 22.7 Å². The zero-order valence-electron chi connectivity index (χ0n) is 17.1. The normalized spacial score (nSPS) is 11.6. The topological polar surface area (TPSA) is 85.6 Å². The zero-order chi connectivity index (χ0) is 23.9. The second-order valence-electron chi connectivity index (χ2n) is 7.21. The van der Waals surface area contributed by atoms with E-state index >= 15 is 0 Å². The first kappa shape index (κ1) is 23.1. The van der Waals surface area contributed by atoms with Crippen LogP contribution in [0, 0.1) is 12.7 Å². The zero-order valence-corrected chi connectivity index (χ0v) is 19.4. The number of aliphatic carboxylic acids is 1. The molecule has 0 fully saturated rings. The standard InChI is InChI=1S/C23H16Cl2FNO5S/c1-13-18(12-23(28)29)19-11-15(26)3-8-21(19)27(13)33(30,31)17-6-4-16(5-7-17)32-22-9-2-14(24)10-20(22)25/h2-11H,12H2,1H3,(H,28,29). The fourth-order valence-corrected chi connectivity index (χ4v) is 5.61. The molecule has 170 valence electrons. The molecule has 0 atom stereocenters. The Labute approximate surface area is 198 Å². The predicted octanol–water partition coefficient (Wildman–Crippen LogP) is 6.05. The lowest BCUT2D eigenvalue weighted by atomic mass is 10.1. The Kier molecular flexibility index (Phi) is 6.09. The van der Waals surface area contributed by atoms with Crippen LogP contribution in [0.5, 0.6) is 11.5 Å². The number of carbonyl (C=O) groups is 1. The maximum absolute atomic E-state index is 13.9. The van der Waals surface area contributed by atoms with E-state index in [1.165, 1.54) is 43.3 Å². The van der Waals surface area contributed by atoms with Crippen LogP contribution in [0.25, 0.3) is 10.9 Å². The Balaban J connectivity index is 1.76. The second kappa shape index (κ2) is 8.70. The van der Waals surface area contributed by atoms with Gasteiger partial charge in [-0.1, -0.05) is 23.2 Å². The van der Waals surface area contributed by atoms with Crippen molar-refractivity contribution in [2.24, 2.45) is 0 Å². The lowest BCUT2D eigenvalue weighted by Crippen LogP contribution is -2.15. The Hall–Kier alpha value is -3.07. The van der Waals surface area contributed by atoms with Crippen LogP contribution < -0.4 is 4.74 Å². The number of ether oxygens (including phenoxy) is 1. The average Bonchev–Trinajstić information content (AvgIpc) is 3.01. The van der Waals surface area contributed by atoms with E-state index in [2.05, 4.69) is 0 Å². The molecule has 0 bridgehead atoms. The highest BCUT2D eigenvalue weighted by atomic mass is 35.5. The van der Waals surface area contributed by atoms with E-state index in [1.54, 1.807) is 12.1 Å². The molecule has 0 unspecified atom stereocenters. The maximum atomic E-state index is 13.9. The van der Waals surface area contributed by atoms with E-state index < -0.39 is 28.2 Å². The highest BCUT2D eigenvalue weighted by molar-refractivity contribution is 7.90. The van der Waals surface area contributed by atoms with Crippen LogP contribution in [0.4, 0.5) is 4.39 Å². The van der Waals surface area contributed by atoms with Crippen LogP contribution in [0.2, 0.25) is 10.0 Å². The minimum atomic E-state index is -4.13. The van der Waals surface area contributed by atoms with E-state index in [4.69, 9.17) is 27.9 Å². The van der Waals surface area contributed by atoms with Gasteiger partial charge in [0.05, 0.1) is 21.9 Å². The van der Waals surface area contributed by atoms with Crippen LogP contribution in [0.15, 0.2) is 65.6 Å². The van der Waals surface area contributed by atoms with E-state index in [0.717, 1.165) is 16.1 Å². The monoisotopic (exact) mass is 507 g/mol. The number of hydrogen-bond acceptors (Lipinski definition) is 4. The molecule has 6 nitrogen and oxygen atoms in total. The SMILES string of the molecule is Cc1c(CC(=O)O)c2cc(F)ccc2n1S(=O)(=O)c1ccc(Oc2ccc(Cl)cc2Cl)cc1. The molecule has 0 spiro atoms. The van der Waals surface area contributed by atoms with Crippen LogP contribution in [0.3, 0.4) is 0 Å². The first-order valence-electron chi connectivity index (χ1n) is 9.57. The summed E-state index contributed by atoms with van der Waals surface area (Å²) in [6.07, 6.45) is -0.442. The molecule has 1 heterocycles. The Morgan fingerprint density at radius 2 is 1.76 bits per heavy atom. The highest BCUT2D eigenvalue weighted by Gasteiger charge is 2.26. The number of halogens is 3. The summed E-state index contributed by atoms with van der Waals surface area (Å²) in [7, 11) is -4.13. The maximum Gasteiger partial charge on any atom is 0.307 e. The van der Waals surface area contributed by atoms with Crippen molar-refractivity contribution in [2.45, 2.75) is 18.2 Å². The van der Waals surface area contributed by atoms with Gasteiger partial charge in [0.15, 0.2) is 0 Å². The minimum Gasteiger partial charge on any atom is -0.481 e. The summed E-state index contributed by atoms with van der Waals surface area (Å²) in [5.41, 5.74) is 0.627. The minimum absolute atomic E-state index is 0.0525. The number of carboxylic acids is 1. The molecule has 10 heteroatoms. The Bertz CT molecular complexity index is 1500. The molecule has 0 saturated heterocycles. The van der Waals surface area contributed by atoms with E-state index in [-0.39, 0.29) is 27.1 Å². The number of benzene rings is 3. The molecule has 33 heavy (non-hydrogen) atoms. The molecule has 4 rings (SSSR count). The van der Waals surface area contributed by atoms with Crippen molar-refractivity contribution in [3.63, 3.8) is 0 Å². The van der Waals surface area contributed by atoms with Gasteiger partial charge in [0.1, 0.15) is 17.3 Å². The van der Waals surface area contributed by atoms with Gasteiger partial charge >= 0.3 is 5.97 Å². The first-order valence-corrected chi connectivity index (χ1v) is 11.8. The largest absolute Gasteiger partial charge is 0.481 e. The predicted molar refractivity (Wildman–Crippen MR) is 124 cm³/mol. The molecule has 4 aromatic rings. The molecule has 0 aliphatic carbocycles. The molecular formula is C23H16Cl2FNO5S. The molecule has 0 aliphatic rings. The van der Waals surface area contributed by atoms with Gasteiger partial charge in [-0.05, 0) is 73.2 Å². The van der Waals surface area contributed by atoms with Crippen molar-refractivity contribution in [3.05, 3.63) is 87.8 Å². The molecule has 1 aromatic heterocycles. The number of carboxylic acid groups (broad SMARTS) is 1. The summed E-state index contributed by atoms with van der Waals surface area (Å²) >= 11 is 12.0. The van der Waals surface area contributed by atoms with Gasteiger partial charge in [-0.25, -0.2) is 16.8 Å². The third kappa shape index (κ3) is 4.42. The summed E-state index contributed by atoms with van der Waals surface area (Å²) in [6, 6.07) is 14.0. The van der Waals surface area contributed by atoms with Gasteiger partial charge in [-0.2, -0.15) is 0 Å². The first-order chi connectivity index (χ1) is 15.6. The summed E-state index contributed by atoms with van der Waals surface area (Å²) in [6.45, 7) is 1.49. The van der Waals surface area contributed by atoms with Gasteiger partial charge in [-0.15, -0.1) is 0 Å². The smallest absolute Gasteiger partial charge is 0.307 e. The molecular weight excluding hydrogens is 492 g/mol. The third-order valence-electron chi connectivity index (χ3n) is 5.06. The fourth-order valence-electron chi connectivity index (χ4n) is 3.58. The molecule has 0 amide bonds. The molecule has 3 aromatic carbocycles. The van der Waals surface area contributed by atoms with Crippen LogP contribution >= 0.6 is 23.2 Å². The molecule has 1 N–H and O–H groups in total. The van der Waals surface area contributed by atoms with Crippen molar-refractivity contribution in [1.82, 2.24) is 3.97 Å². The van der Waals surface area contributed by atoms with Crippen molar-refractivity contribution in [2.75, 3.05) is 0 Å². The van der Waals surface area contributed by atoms with Crippen molar-refractivity contribution < 1.29 is 27.4 Å². The van der Waals surface area contributed by atoms with E-state index in [0.29, 0.717) is 21.5 Å². The number of nitrogens with zero attached hydrogens (tertiary/aromatic N) is 1. The fraction of sp³-hybridized carbons (Fsp3) is 0.0870. The molecule has 0 aliphatic heterocycles. The molecule has 0 saturated carbocycles. The summed E-state index contributed by atoms with van der Waals surface area (Å²) in [5.74, 6) is -1.04. The number of rotatable bonds is 6. The lowest BCUT2D eigenvalue weighted by molar-refractivity contribution is -0.136. The van der Waals surface area contributed by atoms with Gasteiger partial charge in [-0.3, -0.25) is 4.79 Å². The van der Waals surface area contributed by atoms with Gasteiger partial charge in [0, 0.05) is 16.1 Å². The van der Waals surface area contributed by atoms with Gasteiger partial charge in [0.2, 0.25) is 0 Å². The molecule has 0 radical (unpaired) electrons. The van der Waals surface area contributed by atoms with Crippen LogP contribution in [-0.4, -0.2) is 23.5 Å². The summed E-state index contributed by atoms with van der Waals surface area (Å²) in [4.78, 5) is 11.3. The third-order valence-corrected chi connectivity index (χ3v) is 7.41. The summed E-state index contributed by atoms with van der Waals surface area (Å²) in [5, 5.41) is 10.2. The number of aromatic nitrogens is 1. The van der Waals surface area contributed by atoms with Crippen molar-refractivity contribution in [3.8, 4) is 11.5 Å². The van der Waals surface area contributed by atoms with Crippen LogP contribution in [-0.2, 0) is 21.2 Å². The average molecular weight is 508 g/mol. The van der Waals surface area contributed by atoms with Crippen molar-refractivity contribution >= 4 is 50.1 Å². The summed E-state index contributed by atoms with van der Waals surface area (Å²) < 4.78 is 47.5. The lowest BCUT2D eigenvalue weighted by Gasteiger charge is -2.12. The number of fused-ring (bicyclic) bond motifs is 1. The Morgan fingerprint density at radius 1 is 1.06 bits per heavy atom. The van der Waals surface area contributed by atoms with E-state index in [1.807, 2.05) is 0 Å². The highest BCUT2D eigenvalue weighted by Crippen LogP contribution is 2.34. The van der Waals surface area contributed by atoms with Gasteiger partial charge < -0.3 is 9.84 Å². The quantitative estimate of drug-likeness (QED) is 0.343. The Morgan fingerprint density at radius 3 is 2.39 bits per heavy atom. The number of hydrogen-bond donors (Lipinski definition) is 1. The second-order valence-corrected chi connectivity index (χ2v) is 9.84. The van der Waals surface area contributed by atoms with Crippen LogP contribution in [0.1, 0.15) is 11.3 Å². The van der Waals surface area contributed by atoms with Crippen molar-refractivity contribution in [1.29, 1.82) is 0 Å².